The molecule has 1 aromatic rings. The van der Waals surface area contributed by atoms with E-state index in [1.807, 2.05) is 6.07 Å². The molecular formula is C11H17N3O. The fourth-order valence-electron chi connectivity index (χ4n) is 2.26. The van der Waals surface area contributed by atoms with E-state index in [4.69, 9.17) is 5.73 Å². The second-order valence-electron chi connectivity index (χ2n) is 3.89. The van der Waals surface area contributed by atoms with Crippen molar-refractivity contribution >= 4 is 5.91 Å². The van der Waals surface area contributed by atoms with Gasteiger partial charge in [0.2, 0.25) is 0 Å². The summed E-state index contributed by atoms with van der Waals surface area (Å²) in [6, 6.07) is 1.93. The molecule has 0 saturated heterocycles. The number of carbonyl (C=O) groups excluding carboxylic acids is 1. The van der Waals surface area contributed by atoms with Gasteiger partial charge in [0.1, 0.15) is 0 Å². The predicted molar refractivity (Wildman–Crippen MR) is 58.7 cm³/mol. The first-order valence-corrected chi connectivity index (χ1v) is 5.41. The number of aromatic nitrogens is 1. The van der Waals surface area contributed by atoms with E-state index in [2.05, 4.69) is 9.88 Å². The smallest absolute Gasteiger partial charge is 0.252 e. The van der Waals surface area contributed by atoms with E-state index in [0.717, 1.165) is 36.3 Å². The molecular weight excluding hydrogens is 190 g/mol. The van der Waals surface area contributed by atoms with Gasteiger partial charge in [-0.2, -0.15) is 0 Å². The van der Waals surface area contributed by atoms with Gasteiger partial charge in [0.25, 0.3) is 5.91 Å². The van der Waals surface area contributed by atoms with Crippen LogP contribution in [0.4, 0.5) is 0 Å². The molecule has 1 aliphatic heterocycles. The zero-order valence-electron chi connectivity index (χ0n) is 9.05. The monoisotopic (exact) mass is 207 g/mol. The zero-order valence-corrected chi connectivity index (χ0v) is 9.05. The van der Waals surface area contributed by atoms with Gasteiger partial charge in [-0.1, -0.05) is 0 Å². The average molecular weight is 207 g/mol. The first kappa shape index (κ1) is 10.2. The predicted octanol–water partition coefficient (Wildman–Crippen LogP) is 0.643. The van der Waals surface area contributed by atoms with Gasteiger partial charge in [-0.25, -0.2) is 0 Å². The van der Waals surface area contributed by atoms with Crippen LogP contribution in [0.1, 0.15) is 34.6 Å². The van der Waals surface area contributed by atoms with Gasteiger partial charge in [-0.05, 0) is 25.3 Å². The van der Waals surface area contributed by atoms with Gasteiger partial charge in [0.15, 0.2) is 0 Å². The molecule has 0 aliphatic carbocycles. The van der Waals surface area contributed by atoms with E-state index < -0.39 is 0 Å². The van der Waals surface area contributed by atoms with Crippen molar-refractivity contribution in [2.24, 2.45) is 5.73 Å². The molecule has 2 rings (SSSR count). The van der Waals surface area contributed by atoms with Crippen LogP contribution in [0.5, 0.6) is 0 Å². The van der Waals surface area contributed by atoms with Crippen LogP contribution in [0.25, 0.3) is 0 Å². The Bertz CT molecular complexity index is 381. The van der Waals surface area contributed by atoms with Crippen molar-refractivity contribution in [2.75, 3.05) is 7.05 Å². The number of carbonyl (C=O) groups is 1. The van der Waals surface area contributed by atoms with Gasteiger partial charge in [0.05, 0.1) is 5.56 Å². The highest BCUT2D eigenvalue weighted by Crippen LogP contribution is 2.23. The number of nitrogens with zero attached hydrogens (tertiary/aromatic N) is 1. The van der Waals surface area contributed by atoms with E-state index in [-0.39, 0.29) is 5.91 Å². The lowest BCUT2D eigenvalue weighted by Gasteiger charge is -2.18. The molecule has 0 radical (unpaired) electrons. The van der Waals surface area contributed by atoms with Crippen molar-refractivity contribution in [1.82, 2.24) is 9.88 Å². The van der Waals surface area contributed by atoms with Gasteiger partial charge < -0.3 is 15.6 Å². The summed E-state index contributed by atoms with van der Waals surface area (Å²) in [5.41, 5.74) is 8.71. The molecule has 0 atom stereocenters. The van der Waals surface area contributed by atoms with Crippen LogP contribution >= 0.6 is 0 Å². The van der Waals surface area contributed by atoms with Crippen molar-refractivity contribution in [3.63, 3.8) is 0 Å². The van der Waals surface area contributed by atoms with Crippen LogP contribution in [0, 0.1) is 0 Å². The van der Waals surface area contributed by atoms with Crippen LogP contribution < -0.4 is 11.1 Å². The fraction of sp³-hybridized carbons (Fsp3) is 0.545. The minimum Gasteiger partial charge on any atom is -0.355 e. The highest BCUT2D eigenvalue weighted by atomic mass is 16.1. The number of fused-ring (bicyclic) bond motifs is 1. The normalized spacial score (nSPS) is 14.8. The van der Waals surface area contributed by atoms with Crippen LogP contribution in [-0.4, -0.2) is 17.5 Å². The Morgan fingerprint density at radius 3 is 3.07 bits per heavy atom. The number of nitrogens with two attached hydrogens (primary N) is 1. The summed E-state index contributed by atoms with van der Waals surface area (Å²) in [6.45, 7) is 1.50. The zero-order chi connectivity index (χ0) is 10.8. The molecule has 0 unspecified atom stereocenters. The van der Waals surface area contributed by atoms with Gasteiger partial charge in [0, 0.05) is 31.5 Å². The molecule has 0 bridgehead atoms. The molecule has 0 saturated carbocycles. The summed E-state index contributed by atoms with van der Waals surface area (Å²) in [4.78, 5) is 11.6. The Morgan fingerprint density at radius 2 is 2.40 bits per heavy atom. The largest absolute Gasteiger partial charge is 0.355 e. The lowest BCUT2D eigenvalue weighted by atomic mass is 10.1. The number of amides is 1. The van der Waals surface area contributed by atoms with Gasteiger partial charge >= 0.3 is 0 Å². The fourth-order valence-corrected chi connectivity index (χ4v) is 2.26. The molecule has 3 N–H and O–H groups in total. The van der Waals surface area contributed by atoms with E-state index in [1.54, 1.807) is 7.05 Å². The standard InChI is InChI=1S/C11H17N3O/c1-13-11(15)9-6-8(7-12)14-5-3-2-4-10(9)14/h6H,2-5,7,12H2,1H3,(H,13,15). The number of nitrogens with one attached hydrogen (secondary N) is 1. The maximum atomic E-state index is 11.6. The Kier molecular flexibility index (Phi) is 2.77. The lowest BCUT2D eigenvalue weighted by molar-refractivity contribution is 0.0961. The van der Waals surface area contributed by atoms with Crippen molar-refractivity contribution in [2.45, 2.75) is 32.4 Å². The third-order valence-electron chi connectivity index (χ3n) is 3.02. The first-order valence-electron chi connectivity index (χ1n) is 5.41. The SMILES string of the molecule is CNC(=O)c1cc(CN)n2c1CCCC2. The summed E-state index contributed by atoms with van der Waals surface area (Å²) in [6.07, 6.45) is 3.34. The van der Waals surface area contributed by atoms with Crippen molar-refractivity contribution < 1.29 is 4.79 Å². The van der Waals surface area contributed by atoms with E-state index >= 15 is 0 Å². The topological polar surface area (TPSA) is 60.1 Å². The molecule has 1 amide bonds. The van der Waals surface area contributed by atoms with E-state index in [1.165, 1.54) is 6.42 Å². The Labute approximate surface area is 89.5 Å². The summed E-state index contributed by atoms with van der Waals surface area (Å²) in [7, 11) is 1.66. The minimum absolute atomic E-state index is 0.000324. The van der Waals surface area contributed by atoms with Gasteiger partial charge in [-0.3, -0.25) is 4.79 Å². The molecule has 4 nitrogen and oxygen atoms in total. The lowest BCUT2D eigenvalue weighted by Crippen LogP contribution is -2.21. The first-order chi connectivity index (χ1) is 7.27. The Morgan fingerprint density at radius 1 is 1.60 bits per heavy atom. The van der Waals surface area contributed by atoms with Crippen LogP contribution in [-0.2, 0) is 19.5 Å². The van der Waals surface area contributed by atoms with E-state index in [0.29, 0.717) is 6.54 Å². The highest BCUT2D eigenvalue weighted by molar-refractivity contribution is 5.95. The van der Waals surface area contributed by atoms with Crippen LogP contribution in [0.3, 0.4) is 0 Å². The third-order valence-corrected chi connectivity index (χ3v) is 3.02. The van der Waals surface area contributed by atoms with Crippen molar-refractivity contribution in [3.8, 4) is 0 Å². The van der Waals surface area contributed by atoms with E-state index in [9.17, 15) is 4.79 Å². The second kappa shape index (κ2) is 4.06. The molecule has 1 aromatic heterocycles. The molecule has 0 aromatic carbocycles. The summed E-state index contributed by atoms with van der Waals surface area (Å²) < 4.78 is 2.20. The molecule has 15 heavy (non-hydrogen) atoms. The minimum atomic E-state index is 0.000324. The average Bonchev–Trinajstić information content (AvgIpc) is 2.67. The molecule has 0 fully saturated rings. The summed E-state index contributed by atoms with van der Waals surface area (Å²) >= 11 is 0. The molecule has 82 valence electrons. The van der Waals surface area contributed by atoms with Crippen LogP contribution in [0.15, 0.2) is 6.07 Å². The Hall–Kier alpha value is -1.29. The maximum absolute atomic E-state index is 11.6. The molecule has 0 spiro atoms. The van der Waals surface area contributed by atoms with Crippen LogP contribution in [0.2, 0.25) is 0 Å². The summed E-state index contributed by atoms with van der Waals surface area (Å²) in [5, 5.41) is 2.68. The number of rotatable bonds is 2. The molecule has 4 heteroatoms. The quantitative estimate of drug-likeness (QED) is 0.747. The molecule has 2 heterocycles. The second-order valence-corrected chi connectivity index (χ2v) is 3.89. The third kappa shape index (κ3) is 1.65. The van der Waals surface area contributed by atoms with Crippen molar-refractivity contribution in [1.29, 1.82) is 0 Å². The molecule has 1 aliphatic rings. The number of hydrogen-bond acceptors (Lipinski definition) is 2. The maximum Gasteiger partial charge on any atom is 0.252 e. The van der Waals surface area contributed by atoms with Gasteiger partial charge in [-0.15, -0.1) is 0 Å². The Balaban J connectivity index is 2.46. The number of hydrogen-bond donors (Lipinski definition) is 2. The van der Waals surface area contributed by atoms with Crippen molar-refractivity contribution in [3.05, 3.63) is 23.0 Å². The summed E-state index contributed by atoms with van der Waals surface area (Å²) in [5.74, 6) is 0.000324. The highest BCUT2D eigenvalue weighted by Gasteiger charge is 2.20.